The fourth-order valence-corrected chi connectivity index (χ4v) is 5.51. The Bertz CT molecular complexity index is 849. The van der Waals surface area contributed by atoms with Crippen molar-refractivity contribution in [3.63, 3.8) is 0 Å². The lowest BCUT2D eigenvalue weighted by Gasteiger charge is -2.34. The molecular weight excluding hydrogens is 606 g/mol. The third-order valence-corrected chi connectivity index (χ3v) is 8.59. The summed E-state index contributed by atoms with van der Waals surface area (Å²) in [7, 11) is 5.39. The Morgan fingerprint density at radius 2 is 1.10 bits per heavy atom. The number of aliphatic carboxylic acids is 1. The summed E-state index contributed by atoms with van der Waals surface area (Å²) in [4.78, 5) is 36.5. The molecule has 0 amide bonds. The lowest BCUT2D eigenvalue weighted by atomic mass is 10.1. The van der Waals surface area contributed by atoms with Crippen molar-refractivity contribution in [2.45, 2.75) is 174 Å². The maximum atomic E-state index is 12.5. The van der Waals surface area contributed by atoms with Gasteiger partial charge in [-0.1, -0.05) is 122 Å². The van der Waals surface area contributed by atoms with Crippen molar-refractivity contribution in [2.24, 2.45) is 0 Å². The number of allylic oxidation sites excluding steroid dienone is 4. The minimum Gasteiger partial charge on any atom is -0.544 e. The van der Waals surface area contributed by atoms with Gasteiger partial charge in [-0.15, -0.1) is 0 Å². The summed E-state index contributed by atoms with van der Waals surface area (Å²) in [6, 6.07) is -0.722. The zero-order valence-corrected chi connectivity index (χ0v) is 31.7. The van der Waals surface area contributed by atoms with E-state index in [2.05, 4.69) is 38.2 Å². The zero-order chi connectivity index (χ0) is 35.7. The number of hydrogen-bond acceptors (Lipinski definition) is 7. The number of quaternary nitrogens is 1. The number of carbonyl (C=O) groups is 3. The zero-order valence-electron chi connectivity index (χ0n) is 31.7. The van der Waals surface area contributed by atoms with Crippen LogP contribution in [0.5, 0.6) is 0 Å². The molecule has 48 heavy (non-hydrogen) atoms. The Morgan fingerprint density at radius 3 is 1.65 bits per heavy atom. The molecule has 280 valence electrons. The minimum atomic E-state index is -1.13. The van der Waals surface area contributed by atoms with Crippen LogP contribution in [-0.4, -0.2) is 75.5 Å². The molecule has 0 radical (unpaired) electrons. The number of likely N-dealkylation sites (N-methyl/N-ethyl adjacent to an activating group) is 1. The smallest absolute Gasteiger partial charge is 0.306 e. The molecule has 0 rings (SSSR count). The van der Waals surface area contributed by atoms with Gasteiger partial charge in [0.25, 0.3) is 0 Å². The molecule has 0 aliphatic rings. The molecule has 2 unspecified atom stereocenters. The van der Waals surface area contributed by atoms with E-state index in [4.69, 9.17) is 14.2 Å². The predicted molar refractivity (Wildman–Crippen MR) is 194 cm³/mol. The van der Waals surface area contributed by atoms with Gasteiger partial charge in [0.15, 0.2) is 6.10 Å². The van der Waals surface area contributed by atoms with E-state index in [9.17, 15) is 19.5 Å². The van der Waals surface area contributed by atoms with Crippen LogP contribution in [0.3, 0.4) is 0 Å². The average Bonchev–Trinajstić information content (AvgIpc) is 3.03. The second-order valence-electron chi connectivity index (χ2n) is 14.2. The summed E-state index contributed by atoms with van der Waals surface area (Å²) >= 11 is 0. The first-order valence-electron chi connectivity index (χ1n) is 19.4. The van der Waals surface area contributed by atoms with Crippen molar-refractivity contribution in [2.75, 3.05) is 41.0 Å². The third kappa shape index (κ3) is 29.9. The van der Waals surface area contributed by atoms with Gasteiger partial charge in [0.05, 0.1) is 40.3 Å². The molecule has 8 heteroatoms. The largest absolute Gasteiger partial charge is 0.544 e. The number of rotatable bonds is 34. The van der Waals surface area contributed by atoms with E-state index in [0.29, 0.717) is 12.8 Å². The molecule has 0 saturated carbocycles. The highest BCUT2D eigenvalue weighted by Gasteiger charge is 2.25. The molecule has 0 aliphatic carbocycles. The van der Waals surface area contributed by atoms with Gasteiger partial charge in [0.2, 0.25) is 0 Å². The van der Waals surface area contributed by atoms with Gasteiger partial charge in [-0.05, 0) is 44.9 Å². The Labute approximate surface area is 294 Å². The lowest BCUT2D eigenvalue weighted by molar-refractivity contribution is -0.889. The van der Waals surface area contributed by atoms with Gasteiger partial charge >= 0.3 is 11.9 Å². The summed E-state index contributed by atoms with van der Waals surface area (Å²) in [5.74, 6) is -1.75. The normalized spacial score (nSPS) is 13.3. The number of esters is 2. The predicted octanol–water partition coefficient (Wildman–Crippen LogP) is 8.41. The summed E-state index contributed by atoms with van der Waals surface area (Å²) < 4.78 is 17.0. The van der Waals surface area contributed by atoms with Crippen LogP contribution < -0.4 is 5.11 Å². The van der Waals surface area contributed by atoms with E-state index in [1.807, 2.05) is 0 Å². The quantitative estimate of drug-likeness (QED) is 0.0291. The monoisotopic (exact) mass is 680 g/mol. The summed E-state index contributed by atoms with van der Waals surface area (Å²) in [6.07, 6.45) is 32.1. The van der Waals surface area contributed by atoms with E-state index >= 15 is 0 Å². The fourth-order valence-electron chi connectivity index (χ4n) is 5.51. The first-order chi connectivity index (χ1) is 23.1. The molecular formula is C40H73NO7. The summed E-state index contributed by atoms with van der Waals surface area (Å²) in [6.45, 7) is 4.57. The molecule has 0 aliphatic heterocycles. The minimum absolute atomic E-state index is 0.0406. The number of hydrogen-bond donors (Lipinski definition) is 0. The molecule has 0 aromatic rings. The van der Waals surface area contributed by atoms with Gasteiger partial charge in [0.1, 0.15) is 12.6 Å². The molecule has 2 atom stereocenters. The van der Waals surface area contributed by atoms with Crippen molar-refractivity contribution in [3.8, 4) is 0 Å². The Morgan fingerprint density at radius 1 is 0.625 bits per heavy atom. The molecule has 0 saturated heterocycles. The molecule has 0 heterocycles. The topological polar surface area (TPSA) is 102 Å². The van der Waals surface area contributed by atoms with Crippen LogP contribution in [0, 0.1) is 0 Å². The van der Waals surface area contributed by atoms with Crippen LogP contribution in [0.15, 0.2) is 24.3 Å². The van der Waals surface area contributed by atoms with Crippen LogP contribution in [0.4, 0.5) is 0 Å². The number of carbonyl (C=O) groups excluding carboxylic acids is 3. The molecule has 0 fully saturated rings. The van der Waals surface area contributed by atoms with E-state index < -0.39 is 18.1 Å². The second kappa shape index (κ2) is 32.0. The van der Waals surface area contributed by atoms with Gasteiger partial charge in [-0.2, -0.15) is 0 Å². The number of carboxylic acids is 1. The van der Waals surface area contributed by atoms with Crippen LogP contribution in [0.1, 0.15) is 162 Å². The van der Waals surface area contributed by atoms with Crippen molar-refractivity contribution >= 4 is 17.9 Å². The maximum absolute atomic E-state index is 12.5. The third-order valence-electron chi connectivity index (χ3n) is 8.59. The van der Waals surface area contributed by atoms with Crippen LogP contribution in [0.25, 0.3) is 0 Å². The van der Waals surface area contributed by atoms with Crippen molar-refractivity contribution in [1.82, 2.24) is 0 Å². The highest BCUT2D eigenvalue weighted by molar-refractivity contribution is 5.70. The highest BCUT2D eigenvalue weighted by Crippen LogP contribution is 2.13. The molecule has 0 spiro atoms. The maximum Gasteiger partial charge on any atom is 0.306 e. The molecule has 8 nitrogen and oxygen atoms in total. The van der Waals surface area contributed by atoms with E-state index in [1.165, 1.54) is 77.0 Å². The van der Waals surface area contributed by atoms with Crippen molar-refractivity contribution in [3.05, 3.63) is 24.3 Å². The number of nitrogens with zero attached hydrogens (tertiary/aromatic N) is 1. The van der Waals surface area contributed by atoms with Crippen LogP contribution in [0.2, 0.25) is 0 Å². The van der Waals surface area contributed by atoms with Crippen molar-refractivity contribution in [1.29, 1.82) is 0 Å². The Balaban J connectivity index is 4.30. The second-order valence-corrected chi connectivity index (χ2v) is 14.2. The standard InChI is InChI=1S/C40H73NO7/c1-6-8-10-12-14-15-16-17-18-19-20-21-22-23-25-26-28-30-38(42)47-35-36(34-46-33-32-37(40(44)45)41(3,4)5)48-39(43)31-29-27-24-13-11-9-7-2/h14-15,17-18,36-37H,6-13,16,19-35H2,1-5H3/b15-14+,18-17+. The SMILES string of the molecule is CCCCC/C=C/C/C=C/CCCCCCCCCC(=O)OCC(COCCC(C(=O)[O-])[N+](C)(C)C)OC(=O)CCCCCCCCC. The lowest BCUT2D eigenvalue weighted by Crippen LogP contribution is -2.55. The Kier molecular flexibility index (Phi) is 30.6. The van der Waals surface area contributed by atoms with Gasteiger partial charge in [0, 0.05) is 19.3 Å². The highest BCUT2D eigenvalue weighted by atomic mass is 16.6. The van der Waals surface area contributed by atoms with Crippen LogP contribution in [-0.2, 0) is 28.6 Å². The van der Waals surface area contributed by atoms with Crippen LogP contribution >= 0.6 is 0 Å². The first-order valence-corrected chi connectivity index (χ1v) is 19.4. The first kappa shape index (κ1) is 45.8. The van der Waals surface area contributed by atoms with Crippen molar-refractivity contribution < 1.29 is 38.2 Å². The number of carboxylic acid groups (broad SMARTS) is 1. The van der Waals surface area contributed by atoms with Gasteiger partial charge in [-0.25, -0.2) is 0 Å². The van der Waals surface area contributed by atoms with E-state index in [-0.39, 0.29) is 42.7 Å². The van der Waals surface area contributed by atoms with Gasteiger partial charge < -0.3 is 28.6 Å². The summed E-state index contributed by atoms with van der Waals surface area (Å²) in [5, 5.41) is 11.5. The van der Waals surface area contributed by atoms with E-state index in [0.717, 1.165) is 51.4 Å². The van der Waals surface area contributed by atoms with Gasteiger partial charge in [-0.3, -0.25) is 9.59 Å². The molecule has 0 bridgehead atoms. The Hall–Kier alpha value is -2.19. The average molecular weight is 680 g/mol. The molecule has 0 aromatic carbocycles. The fraction of sp³-hybridized carbons (Fsp3) is 0.825. The molecule has 0 N–H and O–H groups in total. The summed E-state index contributed by atoms with van der Waals surface area (Å²) in [5.41, 5.74) is 0. The number of unbranched alkanes of at least 4 members (excludes halogenated alkanes) is 16. The van der Waals surface area contributed by atoms with E-state index in [1.54, 1.807) is 21.1 Å². The molecule has 0 aromatic heterocycles. The number of ether oxygens (including phenoxy) is 3.